The van der Waals surface area contributed by atoms with Gasteiger partial charge in [0.2, 0.25) is 0 Å². The van der Waals surface area contributed by atoms with Gasteiger partial charge >= 0.3 is 0 Å². The molecule has 2 aromatic rings. The first kappa shape index (κ1) is 16.1. The number of nitrogens with zero attached hydrogens (tertiary/aromatic N) is 2. The number of amides is 1. The maximum atomic E-state index is 12.2. The predicted molar refractivity (Wildman–Crippen MR) is 92.1 cm³/mol. The number of para-hydroxylation sites is 1. The van der Waals surface area contributed by atoms with Crippen molar-refractivity contribution < 1.29 is 14.4 Å². The SMILES string of the molecule is COc1ccccc1/C=N\OCC(=O)N1CCc2ccccc2C1. The van der Waals surface area contributed by atoms with E-state index >= 15 is 0 Å². The highest BCUT2D eigenvalue weighted by Gasteiger charge is 2.20. The van der Waals surface area contributed by atoms with Crippen molar-refractivity contribution in [2.24, 2.45) is 5.16 Å². The summed E-state index contributed by atoms with van der Waals surface area (Å²) in [6.45, 7) is 1.29. The lowest BCUT2D eigenvalue weighted by molar-refractivity contribution is -0.137. The summed E-state index contributed by atoms with van der Waals surface area (Å²) in [5.41, 5.74) is 3.32. The number of rotatable bonds is 5. The zero-order chi connectivity index (χ0) is 16.8. The van der Waals surface area contributed by atoms with Gasteiger partial charge in [-0.1, -0.05) is 41.6 Å². The fourth-order valence-corrected chi connectivity index (χ4v) is 2.76. The monoisotopic (exact) mass is 324 g/mol. The summed E-state index contributed by atoms with van der Waals surface area (Å²) < 4.78 is 5.23. The number of carbonyl (C=O) groups is 1. The molecule has 5 nitrogen and oxygen atoms in total. The molecule has 0 saturated heterocycles. The first-order chi connectivity index (χ1) is 11.8. The van der Waals surface area contributed by atoms with Gasteiger partial charge in [0.1, 0.15) is 5.75 Å². The molecule has 24 heavy (non-hydrogen) atoms. The number of carbonyl (C=O) groups excluding carboxylic acids is 1. The Morgan fingerprint density at radius 2 is 1.92 bits per heavy atom. The van der Waals surface area contributed by atoms with Crippen LogP contribution in [0.15, 0.2) is 53.7 Å². The van der Waals surface area contributed by atoms with E-state index in [0.717, 1.165) is 18.5 Å². The molecule has 5 heteroatoms. The molecule has 0 aliphatic carbocycles. The molecule has 1 aliphatic rings. The summed E-state index contributed by atoms with van der Waals surface area (Å²) in [5, 5.41) is 3.88. The zero-order valence-electron chi connectivity index (χ0n) is 13.6. The minimum Gasteiger partial charge on any atom is -0.496 e. The number of methoxy groups -OCH3 is 1. The number of oxime groups is 1. The first-order valence-electron chi connectivity index (χ1n) is 7.91. The van der Waals surface area contributed by atoms with E-state index in [-0.39, 0.29) is 12.5 Å². The maximum Gasteiger partial charge on any atom is 0.263 e. The van der Waals surface area contributed by atoms with Crippen LogP contribution in [0, 0.1) is 0 Å². The topological polar surface area (TPSA) is 51.1 Å². The smallest absolute Gasteiger partial charge is 0.263 e. The Bertz CT molecular complexity index is 743. The van der Waals surface area contributed by atoms with E-state index in [1.165, 1.54) is 11.1 Å². The molecule has 3 rings (SSSR count). The molecule has 0 unspecified atom stereocenters. The van der Waals surface area contributed by atoms with Crippen LogP contribution in [0.3, 0.4) is 0 Å². The van der Waals surface area contributed by atoms with Crippen LogP contribution in [-0.2, 0) is 22.6 Å². The van der Waals surface area contributed by atoms with E-state index in [0.29, 0.717) is 12.3 Å². The number of fused-ring (bicyclic) bond motifs is 1. The Hall–Kier alpha value is -2.82. The Morgan fingerprint density at radius 3 is 2.75 bits per heavy atom. The molecule has 0 saturated carbocycles. The molecule has 0 spiro atoms. The van der Waals surface area contributed by atoms with E-state index in [4.69, 9.17) is 9.57 Å². The summed E-state index contributed by atoms with van der Waals surface area (Å²) in [4.78, 5) is 19.2. The van der Waals surface area contributed by atoms with Crippen LogP contribution in [0.2, 0.25) is 0 Å². The summed E-state index contributed by atoms with van der Waals surface area (Å²) in [6.07, 6.45) is 2.43. The molecule has 0 atom stereocenters. The average molecular weight is 324 g/mol. The van der Waals surface area contributed by atoms with Crippen molar-refractivity contribution in [3.63, 3.8) is 0 Å². The van der Waals surface area contributed by atoms with E-state index in [9.17, 15) is 4.79 Å². The standard InChI is InChI=1S/C19H20N2O3/c1-23-18-9-5-4-7-16(18)12-20-24-14-19(22)21-11-10-15-6-2-3-8-17(15)13-21/h2-9,12H,10-11,13-14H2,1H3/b20-12-. The van der Waals surface area contributed by atoms with Crippen LogP contribution < -0.4 is 4.74 Å². The van der Waals surface area contributed by atoms with E-state index in [2.05, 4.69) is 17.3 Å². The third-order valence-electron chi connectivity index (χ3n) is 4.08. The van der Waals surface area contributed by atoms with Crippen molar-refractivity contribution in [2.45, 2.75) is 13.0 Å². The van der Waals surface area contributed by atoms with Gasteiger partial charge in [-0.2, -0.15) is 0 Å². The van der Waals surface area contributed by atoms with Crippen LogP contribution in [0.1, 0.15) is 16.7 Å². The highest BCUT2D eigenvalue weighted by molar-refractivity contribution is 5.83. The number of benzene rings is 2. The molecule has 0 N–H and O–H groups in total. The maximum absolute atomic E-state index is 12.2. The fourth-order valence-electron chi connectivity index (χ4n) is 2.76. The Morgan fingerprint density at radius 1 is 1.17 bits per heavy atom. The second-order valence-corrected chi connectivity index (χ2v) is 5.58. The summed E-state index contributed by atoms with van der Waals surface area (Å²) in [7, 11) is 1.60. The van der Waals surface area contributed by atoms with Crippen molar-refractivity contribution in [1.29, 1.82) is 0 Å². The van der Waals surface area contributed by atoms with Crippen LogP contribution in [0.4, 0.5) is 0 Å². The summed E-state index contributed by atoms with van der Waals surface area (Å²) in [6, 6.07) is 15.7. The van der Waals surface area contributed by atoms with Gasteiger partial charge in [-0.15, -0.1) is 0 Å². The van der Waals surface area contributed by atoms with Gasteiger partial charge in [0.25, 0.3) is 5.91 Å². The lowest BCUT2D eigenvalue weighted by atomic mass is 10.00. The molecule has 0 bridgehead atoms. The van der Waals surface area contributed by atoms with Gasteiger partial charge in [-0.25, -0.2) is 0 Å². The minimum absolute atomic E-state index is 0.0540. The minimum atomic E-state index is -0.0617. The van der Waals surface area contributed by atoms with Crippen LogP contribution in [0.5, 0.6) is 5.75 Å². The number of hydrogen-bond donors (Lipinski definition) is 0. The van der Waals surface area contributed by atoms with Crippen molar-refractivity contribution in [1.82, 2.24) is 4.90 Å². The van der Waals surface area contributed by atoms with Gasteiger partial charge in [0, 0.05) is 18.7 Å². The lowest BCUT2D eigenvalue weighted by Crippen LogP contribution is -2.37. The van der Waals surface area contributed by atoms with Gasteiger partial charge in [-0.05, 0) is 29.7 Å². The second-order valence-electron chi connectivity index (χ2n) is 5.58. The third kappa shape index (κ3) is 3.74. The summed E-state index contributed by atoms with van der Waals surface area (Å²) >= 11 is 0. The molecule has 0 aromatic heterocycles. The van der Waals surface area contributed by atoms with Gasteiger partial charge < -0.3 is 14.5 Å². The first-order valence-corrected chi connectivity index (χ1v) is 7.91. The lowest BCUT2D eigenvalue weighted by Gasteiger charge is -2.28. The molecule has 0 fully saturated rings. The van der Waals surface area contributed by atoms with Crippen molar-refractivity contribution in [3.8, 4) is 5.75 Å². The highest BCUT2D eigenvalue weighted by atomic mass is 16.6. The van der Waals surface area contributed by atoms with Crippen molar-refractivity contribution in [2.75, 3.05) is 20.3 Å². The molecule has 2 aromatic carbocycles. The van der Waals surface area contributed by atoms with E-state index in [1.54, 1.807) is 18.2 Å². The molecular formula is C19H20N2O3. The van der Waals surface area contributed by atoms with Crippen molar-refractivity contribution >= 4 is 12.1 Å². The quantitative estimate of drug-likeness (QED) is 0.627. The largest absolute Gasteiger partial charge is 0.496 e. The molecular weight excluding hydrogens is 304 g/mol. The average Bonchev–Trinajstić information content (AvgIpc) is 2.65. The van der Waals surface area contributed by atoms with Gasteiger partial charge in [-0.3, -0.25) is 4.79 Å². The third-order valence-corrected chi connectivity index (χ3v) is 4.08. The van der Waals surface area contributed by atoms with E-state index in [1.807, 2.05) is 36.4 Å². The predicted octanol–water partition coefficient (Wildman–Crippen LogP) is 2.63. The highest BCUT2D eigenvalue weighted by Crippen LogP contribution is 2.18. The molecule has 1 heterocycles. The van der Waals surface area contributed by atoms with E-state index < -0.39 is 0 Å². The Kier molecular flexibility index (Phi) is 5.11. The number of hydrogen-bond acceptors (Lipinski definition) is 4. The normalized spacial score (nSPS) is 13.6. The molecule has 1 aliphatic heterocycles. The Balaban J connectivity index is 1.52. The molecule has 124 valence electrons. The molecule has 1 amide bonds. The van der Waals surface area contributed by atoms with Gasteiger partial charge in [0.05, 0.1) is 13.3 Å². The Labute approximate surface area is 141 Å². The van der Waals surface area contributed by atoms with Crippen molar-refractivity contribution in [3.05, 3.63) is 65.2 Å². The van der Waals surface area contributed by atoms with Crippen LogP contribution in [0.25, 0.3) is 0 Å². The van der Waals surface area contributed by atoms with Crippen LogP contribution in [-0.4, -0.2) is 37.3 Å². The van der Waals surface area contributed by atoms with Gasteiger partial charge in [0.15, 0.2) is 6.61 Å². The molecule has 0 radical (unpaired) electrons. The fraction of sp³-hybridized carbons (Fsp3) is 0.263. The summed E-state index contributed by atoms with van der Waals surface area (Å²) in [5.74, 6) is 0.658. The van der Waals surface area contributed by atoms with Crippen LogP contribution >= 0.6 is 0 Å². The zero-order valence-corrected chi connectivity index (χ0v) is 13.6. The second kappa shape index (κ2) is 7.64. The number of ether oxygens (including phenoxy) is 1.